The van der Waals surface area contributed by atoms with Crippen LogP contribution in [0.5, 0.6) is 0 Å². The summed E-state index contributed by atoms with van der Waals surface area (Å²) < 4.78 is 13.5. The smallest absolute Gasteiger partial charge is 0.227 e. The predicted octanol–water partition coefficient (Wildman–Crippen LogP) is 6.97. The molecule has 3 aromatic carbocycles. The molecular weight excluding hydrogens is 503 g/mol. The number of imidazole rings is 1. The molecule has 1 aliphatic heterocycles. The second-order valence-electron chi connectivity index (χ2n) is 10.6. The first-order chi connectivity index (χ1) is 19.6. The van der Waals surface area contributed by atoms with Crippen LogP contribution in [0.1, 0.15) is 49.5 Å². The van der Waals surface area contributed by atoms with Gasteiger partial charge >= 0.3 is 0 Å². The lowest BCUT2D eigenvalue weighted by Crippen LogP contribution is -2.24. The summed E-state index contributed by atoms with van der Waals surface area (Å²) >= 11 is 0. The van der Waals surface area contributed by atoms with E-state index in [9.17, 15) is 9.18 Å². The van der Waals surface area contributed by atoms with Gasteiger partial charge in [-0.25, -0.2) is 14.8 Å². The number of carbonyl (C=O) groups is 1. The van der Waals surface area contributed by atoms with E-state index in [1.807, 2.05) is 42.6 Å². The lowest BCUT2D eigenvalue weighted by atomic mass is 9.88. The van der Waals surface area contributed by atoms with Crippen molar-refractivity contribution in [3.05, 3.63) is 96.3 Å². The fraction of sp³-hybridized carbons (Fsp3) is 0.219. The normalized spacial score (nSPS) is 17.0. The molecule has 1 atom stereocenters. The van der Waals surface area contributed by atoms with Gasteiger partial charge in [-0.05, 0) is 60.4 Å². The molecule has 8 heteroatoms. The molecule has 5 aromatic rings. The molecule has 1 aliphatic carbocycles. The minimum Gasteiger partial charge on any atom is -0.340 e. The van der Waals surface area contributed by atoms with Crippen LogP contribution < -0.4 is 16.2 Å². The van der Waals surface area contributed by atoms with Crippen molar-refractivity contribution in [3.63, 3.8) is 0 Å². The highest BCUT2D eigenvalue weighted by atomic mass is 19.1. The largest absolute Gasteiger partial charge is 0.340 e. The Kier molecular flexibility index (Phi) is 6.24. The van der Waals surface area contributed by atoms with Crippen LogP contribution in [0, 0.1) is 11.7 Å². The number of aromatic nitrogens is 3. The average molecular weight is 533 g/mol. The third-order valence-corrected chi connectivity index (χ3v) is 7.99. The van der Waals surface area contributed by atoms with Crippen molar-refractivity contribution in [1.29, 1.82) is 0 Å². The highest BCUT2D eigenvalue weighted by molar-refractivity contribution is 5.93. The third kappa shape index (κ3) is 4.60. The van der Waals surface area contributed by atoms with Crippen molar-refractivity contribution in [2.24, 2.45) is 5.92 Å². The summed E-state index contributed by atoms with van der Waals surface area (Å²) in [5.74, 6) is 0.688. The molecule has 2 aliphatic rings. The number of para-hydroxylation sites is 1. The molecule has 1 unspecified atom stereocenters. The van der Waals surface area contributed by atoms with Crippen molar-refractivity contribution in [2.45, 2.75) is 38.1 Å². The number of hydrogen-bond acceptors (Lipinski definition) is 5. The van der Waals surface area contributed by atoms with Crippen molar-refractivity contribution >= 4 is 28.3 Å². The van der Waals surface area contributed by atoms with Crippen LogP contribution in [0.4, 0.5) is 15.8 Å². The minimum atomic E-state index is -0.264. The molecule has 7 rings (SSSR count). The number of pyridine rings is 1. The molecule has 0 spiro atoms. The number of rotatable bonds is 5. The number of halogens is 1. The highest BCUT2D eigenvalue weighted by Crippen LogP contribution is 2.37. The number of nitrogens with one attached hydrogen (secondary N) is 4. The van der Waals surface area contributed by atoms with Gasteiger partial charge in [0, 0.05) is 28.8 Å². The second kappa shape index (κ2) is 10.2. The lowest BCUT2D eigenvalue weighted by molar-refractivity contribution is -0.120. The maximum absolute atomic E-state index is 13.5. The molecule has 3 heterocycles. The zero-order valence-corrected chi connectivity index (χ0v) is 21.9. The zero-order valence-electron chi connectivity index (χ0n) is 21.9. The van der Waals surface area contributed by atoms with E-state index >= 15 is 0 Å². The first-order valence-electron chi connectivity index (χ1n) is 13.8. The highest BCUT2D eigenvalue weighted by Gasteiger charge is 2.27. The van der Waals surface area contributed by atoms with Gasteiger partial charge in [-0.3, -0.25) is 9.78 Å². The van der Waals surface area contributed by atoms with Crippen LogP contribution in [0.25, 0.3) is 33.3 Å². The van der Waals surface area contributed by atoms with Gasteiger partial charge < -0.3 is 15.7 Å². The average Bonchev–Trinajstić information content (AvgIpc) is 3.62. The Bertz CT molecular complexity index is 1710. The van der Waals surface area contributed by atoms with Crippen molar-refractivity contribution in [3.8, 4) is 22.3 Å². The van der Waals surface area contributed by atoms with Crippen molar-refractivity contribution in [1.82, 2.24) is 20.4 Å². The van der Waals surface area contributed by atoms with Gasteiger partial charge in [-0.2, -0.15) is 0 Å². The van der Waals surface area contributed by atoms with Crippen LogP contribution in [0.15, 0.2) is 79.1 Å². The van der Waals surface area contributed by atoms with Crippen LogP contribution in [-0.2, 0) is 4.79 Å². The monoisotopic (exact) mass is 532 g/mol. The van der Waals surface area contributed by atoms with E-state index in [-0.39, 0.29) is 23.7 Å². The summed E-state index contributed by atoms with van der Waals surface area (Å²) in [4.78, 5) is 25.7. The van der Waals surface area contributed by atoms with E-state index < -0.39 is 0 Å². The van der Waals surface area contributed by atoms with Gasteiger partial charge in [-0.1, -0.05) is 49.6 Å². The Morgan fingerprint density at radius 2 is 1.73 bits per heavy atom. The van der Waals surface area contributed by atoms with Gasteiger partial charge in [0.1, 0.15) is 17.7 Å². The number of fused-ring (bicyclic) bond motifs is 2. The number of carbonyl (C=O) groups excluding carboxylic acids is 1. The Balaban J connectivity index is 1.18. The number of H-pyrrole nitrogens is 1. The molecular formula is C32H29FN6O. The Hall–Kier alpha value is -4.56. The topological polar surface area (TPSA) is 94.7 Å². The summed E-state index contributed by atoms with van der Waals surface area (Å²) in [6.45, 7) is 0. The van der Waals surface area contributed by atoms with Crippen molar-refractivity contribution < 1.29 is 9.18 Å². The van der Waals surface area contributed by atoms with Crippen LogP contribution in [0.3, 0.4) is 0 Å². The number of benzene rings is 3. The number of hydrogen-bond donors (Lipinski definition) is 4. The van der Waals surface area contributed by atoms with Crippen LogP contribution in [-0.4, -0.2) is 20.9 Å². The maximum atomic E-state index is 13.5. The van der Waals surface area contributed by atoms with Crippen LogP contribution in [0.2, 0.25) is 0 Å². The van der Waals surface area contributed by atoms with E-state index in [0.29, 0.717) is 5.69 Å². The SMILES string of the molecule is O=C(Nc1cncc(-c2ccc3c(c2)C(c2nc4c(-c5ccc(F)cc5)cccc4[nH]2)NN3)c1)C1CCCCC1. The molecule has 2 aromatic heterocycles. The molecule has 0 bridgehead atoms. The van der Waals surface area contributed by atoms with Gasteiger partial charge in [0.25, 0.3) is 0 Å². The van der Waals surface area contributed by atoms with E-state index in [1.165, 1.54) is 18.6 Å². The molecule has 40 heavy (non-hydrogen) atoms. The molecule has 7 nitrogen and oxygen atoms in total. The van der Waals surface area contributed by atoms with E-state index in [2.05, 4.69) is 32.2 Å². The molecule has 0 radical (unpaired) electrons. The molecule has 1 saturated carbocycles. The third-order valence-electron chi connectivity index (χ3n) is 7.99. The molecule has 1 amide bonds. The Morgan fingerprint density at radius 1 is 0.900 bits per heavy atom. The van der Waals surface area contributed by atoms with Gasteiger partial charge in [0.15, 0.2) is 0 Å². The maximum Gasteiger partial charge on any atom is 0.227 e. The predicted molar refractivity (Wildman–Crippen MR) is 155 cm³/mol. The van der Waals surface area contributed by atoms with E-state index in [1.54, 1.807) is 18.3 Å². The van der Waals surface area contributed by atoms with Gasteiger partial charge in [-0.15, -0.1) is 0 Å². The quantitative estimate of drug-likeness (QED) is 0.196. The fourth-order valence-electron chi connectivity index (χ4n) is 5.86. The lowest BCUT2D eigenvalue weighted by Gasteiger charge is -2.20. The first-order valence-corrected chi connectivity index (χ1v) is 13.8. The number of hydrazine groups is 1. The number of anilines is 2. The summed E-state index contributed by atoms with van der Waals surface area (Å²) in [5.41, 5.74) is 14.9. The molecule has 200 valence electrons. The summed E-state index contributed by atoms with van der Waals surface area (Å²) in [6, 6.07) is 20.4. The molecule has 1 fully saturated rings. The number of nitrogens with zero attached hydrogens (tertiary/aromatic N) is 2. The second-order valence-corrected chi connectivity index (χ2v) is 10.6. The van der Waals surface area contributed by atoms with E-state index in [4.69, 9.17) is 4.98 Å². The fourth-order valence-corrected chi connectivity index (χ4v) is 5.86. The molecule has 0 saturated heterocycles. The molecule has 4 N–H and O–H groups in total. The standard InChI is InChI=1S/C32H29FN6O/c33-23-12-9-19(10-13-23)25-7-4-8-28-29(25)37-31(36-28)30-26-16-21(11-14-27(26)38-39-30)22-15-24(18-34-17-22)35-32(40)20-5-2-1-3-6-20/h4,7-18,20,30,38-39H,1-3,5-6H2,(H,35,40)(H,36,37). The van der Waals surface area contributed by atoms with Crippen molar-refractivity contribution in [2.75, 3.05) is 10.7 Å². The minimum absolute atomic E-state index is 0.0858. The number of aromatic amines is 1. The number of amides is 1. The summed E-state index contributed by atoms with van der Waals surface area (Å²) in [5, 5.41) is 3.08. The van der Waals surface area contributed by atoms with Crippen LogP contribution >= 0.6 is 0 Å². The Labute approximate surface area is 231 Å². The first kappa shape index (κ1) is 24.5. The summed E-state index contributed by atoms with van der Waals surface area (Å²) in [6.07, 6.45) is 8.89. The summed E-state index contributed by atoms with van der Waals surface area (Å²) in [7, 11) is 0. The zero-order chi connectivity index (χ0) is 27.1. The van der Waals surface area contributed by atoms with Gasteiger partial charge in [0.2, 0.25) is 5.91 Å². The van der Waals surface area contributed by atoms with E-state index in [0.717, 1.165) is 76.0 Å². The Morgan fingerprint density at radius 3 is 2.58 bits per heavy atom. The van der Waals surface area contributed by atoms with Gasteiger partial charge in [0.05, 0.1) is 28.6 Å².